The number of nitrogens with one attached hydrogen (secondary N) is 3. The SMILES string of the molecule is CCCCOc1ccc(NC(=O)Nc2ccc3[nH]c(C(F)(F)F)cc3c2)cc1. The summed E-state index contributed by atoms with van der Waals surface area (Å²) in [5.41, 5.74) is 0.474. The van der Waals surface area contributed by atoms with E-state index in [0.29, 0.717) is 28.9 Å². The van der Waals surface area contributed by atoms with Gasteiger partial charge >= 0.3 is 12.2 Å². The second-order valence-corrected chi connectivity index (χ2v) is 6.29. The van der Waals surface area contributed by atoms with E-state index >= 15 is 0 Å². The zero-order valence-electron chi connectivity index (χ0n) is 15.2. The Morgan fingerprint density at radius 3 is 2.39 bits per heavy atom. The van der Waals surface area contributed by atoms with Gasteiger partial charge in [0.05, 0.1) is 6.61 Å². The number of carbonyl (C=O) groups excluding carboxylic acids is 1. The van der Waals surface area contributed by atoms with Crippen molar-refractivity contribution in [1.29, 1.82) is 0 Å². The summed E-state index contributed by atoms with van der Waals surface area (Å²) in [4.78, 5) is 14.5. The number of urea groups is 1. The summed E-state index contributed by atoms with van der Waals surface area (Å²) in [5.74, 6) is 0.720. The lowest BCUT2D eigenvalue weighted by molar-refractivity contribution is -0.140. The van der Waals surface area contributed by atoms with Gasteiger partial charge in [0.15, 0.2) is 0 Å². The fraction of sp³-hybridized carbons (Fsp3) is 0.250. The molecule has 5 nitrogen and oxygen atoms in total. The molecule has 0 atom stereocenters. The van der Waals surface area contributed by atoms with Crippen LogP contribution in [0.25, 0.3) is 10.9 Å². The number of alkyl halides is 3. The number of aromatic nitrogens is 1. The van der Waals surface area contributed by atoms with Crippen molar-refractivity contribution < 1.29 is 22.7 Å². The number of hydrogen-bond acceptors (Lipinski definition) is 2. The molecule has 1 heterocycles. The largest absolute Gasteiger partial charge is 0.494 e. The van der Waals surface area contributed by atoms with E-state index in [1.807, 2.05) is 0 Å². The molecule has 0 radical (unpaired) electrons. The molecule has 0 aliphatic heterocycles. The van der Waals surface area contributed by atoms with Crippen molar-refractivity contribution in [3.8, 4) is 5.75 Å². The molecule has 0 saturated carbocycles. The number of ether oxygens (including phenoxy) is 1. The van der Waals surface area contributed by atoms with Gasteiger partial charge in [-0.2, -0.15) is 13.2 Å². The Morgan fingerprint density at radius 1 is 1.04 bits per heavy atom. The van der Waals surface area contributed by atoms with Crippen LogP contribution < -0.4 is 15.4 Å². The van der Waals surface area contributed by atoms with E-state index in [0.717, 1.165) is 24.7 Å². The lowest BCUT2D eigenvalue weighted by Gasteiger charge is -2.09. The Morgan fingerprint density at radius 2 is 1.71 bits per heavy atom. The summed E-state index contributed by atoms with van der Waals surface area (Å²) < 4.78 is 43.9. The third kappa shape index (κ3) is 4.97. The van der Waals surface area contributed by atoms with Crippen molar-refractivity contribution in [3.05, 3.63) is 54.2 Å². The lowest BCUT2D eigenvalue weighted by atomic mass is 10.2. The molecule has 0 unspecified atom stereocenters. The maximum absolute atomic E-state index is 12.8. The van der Waals surface area contributed by atoms with Crippen LogP contribution in [0.15, 0.2) is 48.5 Å². The molecule has 0 spiro atoms. The van der Waals surface area contributed by atoms with Crippen molar-refractivity contribution >= 4 is 28.3 Å². The van der Waals surface area contributed by atoms with E-state index in [1.54, 1.807) is 24.3 Å². The van der Waals surface area contributed by atoms with Crippen LogP contribution in [0.5, 0.6) is 5.75 Å². The number of halogens is 3. The second-order valence-electron chi connectivity index (χ2n) is 6.29. The average Bonchev–Trinajstić information content (AvgIpc) is 3.07. The molecular formula is C20H20F3N3O2. The molecule has 0 saturated heterocycles. The van der Waals surface area contributed by atoms with Crippen molar-refractivity contribution in [2.45, 2.75) is 25.9 Å². The monoisotopic (exact) mass is 391 g/mol. The zero-order chi connectivity index (χ0) is 20.1. The number of carbonyl (C=O) groups is 1. The lowest BCUT2D eigenvalue weighted by Crippen LogP contribution is -2.19. The fourth-order valence-corrected chi connectivity index (χ4v) is 2.63. The Hall–Kier alpha value is -3.16. The molecule has 2 aromatic carbocycles. The van der Waals surface area contributed by atoms with Crippen molar-refractivity contribution in [1.82, 2.24) is 4.98 Å². The van der Waals surface area contributed by atoms with E-state index in [-0.39, 0.29) is 0 Å². The van der Waals surface area contributed by atoms with Gasteiger partial charge < -0.3 is 20.4 Å². The van der Waals surface area contributed by atoms with E-state index < -0.39 is 17.9 Å². The van der Waals surface area contributed by atoms with Crippen molar-refractivity contribution in [2.75, 3.05) is 17.2 Å². The molecule has 148 valence electrons. The summed E-state index contributed by atoms with van der Waals surface area (Å²) in [7, 11) is 0. The summed E-state index contributed by atoms with van der Waals surface area (Å²) >= 11 is 0. The molecule has 8 heteroatoms. The minimum Gasteiger partial charge on any atom is -0.494 e. The first kappa shape index (κ1) is 19.6. The number of hydrogen-bond donors (Lipinski definition) is 3. The number of fused-ring (bicyclic) bond motifs is 1. The van der Waals surface area contributed by atoms with Crippen molar-refractivity contribution in [3.63, 3.8) is 0 Å². The van der Waals surface area contributed by atoms with Crippen LogP contribution >= 0.6 is 0 Å². The topological polar surface area (TPSA) is 66.2 Å². The molecule has 28 heavy (non-hydrogen) atoms. The van der Waals surface area contributed by atoms with Crippen LogP contribution in [0.3, 0.4) is 0 Å². The first-order valence-corrected chi connectivity index (χ1v) is 8.86. The third-order valence-electron chi connectivity index (χ3n) is 4.06. The highest BCUT2D eigenvalue weighted by atomic mass is 19.4. The van der Waals surface area contributed by atoms with Gasteiger partial charge in [-0.3, -0.25) is 0 Å². The number of amides is 2. The number of rotatable bonds is 6. The number of benzene rings is 2. The molecule has 3 rings (SSSR count). The van der Waals surface area contributed by atoms with Gasteiger partial charge in [-0.15, -0.1) is 0 Å². The quantitative estimate of drug-likeness (QED) is 0.451. The Labute approximate surface area is 159 Å². The van der Waals surface area contributed by atoms with Gasteiger partial charge in [0, 0.05) is 22.3 Å². The Balaban J connectivity index is 1.61. The van der Waals surface area contributed by atoms with Crippen molar-refractivity contribution in [2.24, 2.45) is 0 Å². The molecular weight excluding hydrogens is 371 g/mol. The van der Waals surface area contributed by atoms with Crippen LogP contribution in [0.1, 0.15) is 25.5 Å². The minimum atomic E-state index is -4.45. The van der Waals surface area contributed by atoms with E-state index in [2.05, 4.69) is 22.5 Å². The van der Waals surface area contributed by atoms with E-state index in [9.17, 15) is 18.0 Å². The third-order valence-corrected chi connectivity index (χ3v) is 4.06. The Kier molecular flexibility index (Phi) is 5.77. The maximum atomic E-state index is 12.8. The highest BCUT2D eigenvalue weighted by Gasteiger charge is 2.32. The normalized spacial score (nSPS) is 11.4. The fourth-order valence-electron chi connectivity index (χ4n) is 2.63. The van der Waals surface area contributed by atoms with Gasteiger partial charge in [0.1, 0.15) is 11.4 Å². The molecule has 3 aromatic rings. The summed E-state index contributed by atoms with van der Waals surface area (Å²) in [5, 5.41) is 5.64. The molecule has 3 N–H and O–H groups in total. The van der Waals surface area contributed by atoms with Gasteiger partial charge in [0.25, 0.3) is 0 Å². The van der Waals surface area contributed by atoms with Crippen LogP contribution in [-0.4, -0.2) is 17.6 Å². The van der Waals surface area contributed by atoms with Crippen LogP contribution in [-0.2, 0) is 6.18 Å². The summed E-state index contributed by atoms with van der Waals surface area (Å²) in [6.45, 7) is 2.72. The zero-order valence-corrected chi connectivity index (χ0v) is 15.2. The van der Waals surface area contributed by atoms with Crippen LogP contribution in [0.2, 0.25) is 0 Å². The van der Waals surface area contributed by atoms with Crippen LogP contribution in [0.4, 0.5) is 29.3 Å². The number of anilines is 2. The van der Waals surface area contributed by atoms with Gasteiger partial charge in [-0.1, -0.05) is 13.3 Å². The predicted octanol–water partition coefficient (Wildman–Crippen LogP) is 6.01. The minimum absolute atomic E-state index is 0.344. The molecule has 0 fully saturated rings. The average molecular weight is 391 g/mol. The second kappa shape index (κ2) is 8.24. The van der Waals surface area contributed by atoms with E-state index in [1.165, 1.54) is 18.2 Å². The Bertz CT molecular complexity index is 949. The summed E-state index contributed by atoms with van der Waals surface area (Å²) in [6, 6.07) is 12.0. The molecule has 0 aliphatic carbocycles. The van der Waals surface area contributed by atoms with Gasteiger partial charge in [-0.05, 0) is 55.0 Å². The van der Waals surface area contributed by atoms with Crippen LogP contribution in [0, 0.1) is 0 Å². The predicted molar refractivity (Wildman–Crippen MR) is 103 cm³/mol. The molecule has 0 bridgehead atoms. The molecule has 1 aromatic heterocycles. The first-order valence-electron chi connectivity index (χ1n) is 8.86. The number of aromatic amines is 1. The highest BCUT2D eigenvalue weighted by molar-refractivity contribution is 6.01. The molecule has 0 aliphatic rings. The highest BCUT2D eigenvalue weighted by Crippen LogP contribution is 2.32. The number of unbranched alkanes of at least 4 members (excludes halogenated alkanes) is 1. The smallest absolute Gasteiger partial charge is 0.431 e. The summed E-state index contributed by atoms with van der Waals surface area (Å²) in [6.07, 6.45) is -2.43. The molecule has 2 amide bonds. The number of H-pyrrole nitrogens is 1. The maximum Gasteiger partial charge on any atom is 0.431 e. The van der Waals surface area contributed by atoms with E-state index in [4.69, 9.17) is 4.74 Å². The van der Waals surface area contributed by atoms with Gasteiger partial charge in [-0.25, -0.2) is 4.79 Å². The first-order chi connectivity index (χ1) is 13.3. The standard InChI is InChI=1S/C20H20F3N3O2/c1-2-3-10-28-16-7-4-14(5-8-16)24-19(27)25-15-6-9-17-13(11-15)12-18(26-17)20(21,22)23/h4-9,11-12,26H,2-3,10H2,1H3,(H2,24,25,27). The van der Waals surface area contributed by atoms with Gasteiger partial charge in [0.2, 0.25) is 0 Å².